The molecule has 0 radical (unpaired) electrons. The molecule has 6 heterocycles. The second kappa shape index (κ2) is 9.39. The van der Waals surface area contributed by atoms with Gasteiger partial charge in [0.2, 0.25) is 0 Å². The normalized spacial score (nSPS) is 26.4. The maximum Gasteiger partial charge on any atom is 3.00 e. The van der Waals surface area contributed by atoms with Gasteiger partial charge < -0.3 is 0 Å². The molecule has 6 aromatic rings. The van der Waals surface area contributed by atoms with E-state index in [0.29, 0.717) is 0 Å². The largest absolute Gasteiger partial charge is 3.00 e. The predicted molar refractivity (Wildman–Crippen MR) is 171 cm³/mol. The SMILES string of the molecule is CC12c3[c-]c(ccc3)C3(C)c4[c-]c(ccc4)C(C)(c4[c-]c1ccc4)c1cccc(n1)C(C)(c1cccc2n1)c1cccc3n1.[Ir+3]. The number of benzene rings is 3. The molecular formula is C41H30IrN3. The zero-order valence-corrected chi connectivity index (χ0v) is 28.0. The molecule has 1 aliphatic carbocycles. The van der Waals surface area contributed by atoms with Crippen molar-refractivity contribution in [2.24, 2.45) is 0 Å². The van der Waals surface area contributed by atoms with Crippen molar-refractivity contribution in [2.45, 2.75) is 49.4 Å². The Labute approximate surface area is 278 Å². The number of pyridine rings is 3. The van der Waals surface area contributed by atoms with E-state index in [1.54, 1.807) is 0 Å². The molecule has 218 valence electrons. The molecule has 0 saturated heterocycles. The van der Waals surface area contributed by atoms with Crippen LogP contribution in [-0.4, -0.2) is 15.0 Å². The van der Waals surface area contributed by atoms with Gasteiger partial charge in [-0.05, 0) is 64.1 Å². The first-order chi connectivity index (χ1) is 21.3. The van der Waals surface area contributed by atoms with Crippen molar-refractivity contribution in [1.29, 1.82) is 0 Å². The summed E-state index contributed by atoms with van der Waals surface area (Å²) in [7, 11) is 0. The second-order valence-electron chi connectivity index (χ2n) is 13.2. The molecule has 0 unspecified atom stereocenters. The van der Waals surface area contributed by atoms with Gasteiger partial charge in [-0.3, -0.25) is 15.0 Å². The maximum absolute atomic E-state index is 5.52. The van der Waals surface area contributed by atoms with Crippen LogP contribution < -0.4 is 0 Å². The Morgan fingerprint density at radius 3 is 0.778 bits per heavy atom. The minimum atomic E-state index is -0.728. The van der Waals surface area contributed by atoms with Crippen LogP contribution in [0.25, 0.3) is 0 Å². The molecule has 0 spiro atoms. The molecule has 10 rings (SSSR count). The molecular weight excluding hydrogens is 727 g/mol. The molecule has 0 fully saturated rings. The standard InChI is InChI=1S/C41H30N3.Ir/c1-38-26-11-5-13-28(23-26)39(2)30-15-7-16-31(25-30)40(3,29-14-6-12-27(38)24-29)34-19-10-22-37(44-34)41(4,35-20-8-17-32(38)42-35)36-21-9-18-33(39)43-36;/h5-22H,1-4H3;/q-3;+3. The molecule has 3 aliphatic heterocycles. The van der Waals surface area contributed by atoms with Crippen molar-refractivity contribution in [2.75, 3.05) is 0 Å². The Balaban J connectivity index is 0.00000300. The summed E-state index contributed by atoms with van der Waals surface area (Å²) in [4.78, 5) is 16.6. The fourth-order valence-corrected chi connectivity index (χ4v) is 7.79. The van der Waals surface area contributed by atoms with Gasteiger partial charge in [0.25, 0.3) is 0 Å². The first kappa shape index (κ1) is 28.2. The molecule has 3 aromatic heterocycles. The van der Waals surface area contributed by atoms with Crippen molar-refractivity contribution in [1.82, 2.24) is 15.0 Å². The topological polar surface area (TPSA) is 38.7 Å². The van der Waals surface area contributed by atoms with Crippen molar-refractivity contribution < 1.29 is 20.1 Å². The van der Waals surface area contributed by atoms with E-state index in [9.17, 15) is 0 Å². The second-order valence-corrected chi connectivity index (χ2v) is 13.2. The molecule has 0 amide bonds. The van der Waals surface area contributed by atoms with Crippen molar-refractivity contribution >= 4 is 0 Å². The monoisotopic (exact) mass is 757 g/mol. The summed E-state index contributed by atoms with van der Waals surface area (Å²) in [6, 6.07) is 50.6. The summed E-state index contributed by atoms with van der Waals surface area (Å²) in [5, 5.41) is 0. The maximum atomic E-state index is 5.52. The van der Waals surface area contributed by atoms with E-state index in [1.165, 1.54) is 0 Å². The zero-order valence-electron chi connectivity index (χ0n) is 25.6. The third-order valence-electron chi connectivity index (χ3n) is 10.9. The zero-order chi connectivity index (χ0) is 29.9. The summed E-state index contributed by atoms with van der Waals surface area (Å²) < 4.78 is 0. The molecule has 3 nitrogen and oxygen atoms in total. The van der Waals surface area contributed by atoms with E-state index in [0.717, 1.165) is 67.5 Å². The van der Waals surface area contributed by atoms with Crippen LogP contribution >= 0.6 is 0 Å². The fraction of sp³-hybridized carbons (Fsp3) is 0.195. The Bertz CT molecular complexity index is 1650. The number of rotatable bonds is 0. The van der Waals surface area contributed by atoms with Crippen molar-refractivity contribution in [3.8, 4) is 0 Å². The molecule has 0 saturated carbocycles. The average molecular weight is 757 g/mol. The summed E-state index contributed by atoms with van der Waals surface area (Å²) >= 11 is 0. The molecule has 45 heavy (non-hydrogen) atoms. The van der Waals surface area contributed by atoms with Crippen molar-refractivity contribution in [3.05, 3.63) is 195 Å². The van der Waals surface area contributed by atoms with E-state index in [4.69, 9.17) is 15.0 Å². The van der Waals surface area contributed by atoms with Gasteiger partial charge in [-0.1, -0.05) is 18.2 Å². The van der Waals surface area contributed by atoms with E-state index in [1.807, 2.05) is 0 Å². The van der Waals surface area contributed by atoms with Gasteiger partial charge in [0.05, 0.1) is 39.6 Å². The molecule has 0 N–H and O–H groups in total. The van der Waals surface area contributed by atoms with Gasteiger partial charge in [0, 0.05) is 16.2 Å². The minimum Gasteiger partial charge on any atom is -0.255 e. The number of hydrogen-bond donors (Lipinski definition) is 0. The summed E-state index contributed by atoms with van der Waals surface area (Å²) in [6.45, 7) is 9.06. The predicted octanol–water partition coefficient (Wildman–Crippen LogP) is 7.63. The van der Waals surface area contributed by atoms with Gasteiger partial charge in [0.1, 0.15) is 0 Å². The first-order valence-corrected chi connectivity index (χ1v) is 15.3. The fourth-order valence-electron chi connectivity index (χ4n) is 7.79. The van der Waals surface area contributed by atoms with Crippen LogP contribution in [0.1, 0.15) is 95.2 Å². The van der Waals surface area contributed by atoms with Gasteiger partial charge in [-0.15, -0.1) is 33.4 Å². The molecule has 16 bridgehead atoms. The van der Waals surface area contributed by atoms with Gasteiger partial charge >= 0.3 is 20.1 Å². The van der Waals surface area contributed by atoms with Crippen LogP contribution in [0.2, 0.25) is 0 Å². The van der Waals surface area contributed by atoms with Gasteiger partial charge in [-0.2, -0.15) is 72.8 Å². The number of hydrogen-bond acceptors (Lipinski definition) is 3. The number of aromatic nitrogens is 3. The summed E-state index contributed by atoms with van der Waals surface area (Å²) in [6.07, 6.45) is 0. The van der Waals surface area contributed by atoms with Crippen LogP contribution in [0, 0.1) is 18.2 Å². The van der Waals surface area contributed by atoms with Crippen LogP contribution in [0.4, 0.5) is 0 Å². The van der Waals surface area contributed by atoms with E-state index in [-0.39, 0.29) is 20.1 Å². The molecule has 3 aromatic carbocycles. The summed E-state index contributed by atoms with van der Waals surface area (Å²) in [5.74, 6) is 0. The molecule has 4 aliphatic rings. The van der Waals surface area contributed by atoms with Gasteiger partial charge in [-0.25, -0.2) is 0 Å². The average Bonchev–Trinajstić information content (AvgIpc) is 3.09. The third-order valence-corrected chi connectivity index (χ3v) is 10.9. The van der Waals surface area contributed by atoms with E-state index < -0.39 is 21.7 Å². The Kier molecular flexibility index (Phi) is 5.89. The molecule has 0 atom stereocenters. The summed E-state index contributed by atoms with van der Waals surface area (Å²) in [5.41, 5.74) is 9.21. The minimum absolute atomic E-state index is 0. The Morgan fingerprint density at radius 1 is 0.333 bits per heavy atom. The quantitative estimate of drug-likeness (QED) is 0.150. The van der Waals surface area contributed by atoms with Crippen LogP contribution in [0.5, 0.6) is 0 Å². The first-order valence-electron chi connectivity index (χ1n) is 15.3. The molecule has 4 heteroatoms. The van der Waals surface area contributed by atoms with Crippen molar-refractivity contribution in [3.63, 3.8) is 0 Å². The Hall–Kier alpha value is -4.24. The van der Waals surface area contributed by atoms with E-state index in [2.05, 4.69) is 155 Å². The van der Waals surface area contributed by atoms with E-state index >= 15 is 0 Å². The van der Waals surface area contributed by atoms with Crippen LogP contribution in [0.15, 0.2) is 109 Å². The third kappa shape index (κ3) is 3.47. The van der Waals surface area contributed by atoms with Crippen LogP contribution in [-0.2, 0) is 41.8 Å². The Morgan fingerprint density at radius 2 is 0.533 bits per heavy atom. The van der Waals surface area contributed by atoms with Crippen LogP contribution in [0.3, 0.4) is 0 Å². The number of nitrogens with zero attached hydrogens (tertiary/aromatic N) is 3. The smallest absolute Gasteiger partial charge is 0.255 e. The van der Waals surface area contributed by atoms with Gasteiger partial charge in [0.15, 0.2) is 0 Å².